The quantitative estimate of drug-likeness (QED) is 0.221. The van der Waals surface area contributed by atoms with Crippen LogP contribution in [0.25, 0.3) is 11.3 Å². The molecule has 1 aromatic carbocycles. The van der Waals surface area contributed by atoms with Gasteiger partial charge in [-0.25, -0.2) is 4.79 Å². The normalized spacial score (nSPS) is 12.8. The van der Waals surface area contributed by atoms with Crippen LogP contribution in [0.3, 0.4) is 0 Å². The van der Waals surface area contributed by atoms with E-state index >= 15 is 0 Å². The number of carbonyl (C=O) groups is 1. The third-order valence-electron chi connectivity index (χ3n) is 5.22. The Morgan fingerprint density at radius 3 is 2.24 bits per heavy atom. The average molecular weight is 456 g/mol. The van der Waals surface area contributed by atoms with Crippen LogP contribution < -0.4 is 0 Å². The number of rotatable bonds is 8. The van der Waals surface area contributed by atoms with E-state index < -0.39 is 6.16 Å². The molecule has 1 heterocycles. The Morgan fingerprint density at radius 1 is 1.12 bits per heavy atom. The van der Waals surface area contributed by atoms with Gasteiger partial charge in [-0.2, -0.15) is 5.10 Å². The number of aromatic nitrogens is 2. The zero-order chi connectivity index (χ0) is 24.8. The highest BCUT2D eigenvalue weighted by Gasteiger charge is 2.21. The first-order valence-corrected chi connectivity index (χ1v) is 11.2. The fourth-order valence-corrected chi connectivity index (χ4v) is 3.31. The van der Waals surface area contributed by atoms with Crippen molar-refractivity contribution in [3.63, 3.8) is 0 Å². The maximum Gasteiger partial charge on any atom is 0.511 e. The molecule has 0 aliphatic heterocycles. The van der Waals surface area contributed by atoms with Crippen molar-refractivity contribution in [2.45, 2.75) is 53.9 Å². The minimum Gasteiger partial charge on any atom is -0.454 e. The summed E-state index contributed by atoms with van der Waals surface area (Å²) in [7, 11) is 3.57. The SMILES string of the molecule is CN=C/C(=C(/OCOC(=O)OCC(C)C)c1c(C)c(C)nn1C)c1ccc(C(C)(C)C)cc1. The van der Waals surface area contributed by atoms with E-state index in [4.69, 9.17) is 14.2 Å². The van der Waals surface area contributed by atoms with E-state index in [1.165, 1.54) is 5.56 Å². The van der Waals surface area contributed by atoms with Crippen LogP contribution in [0.2, 0.25) is 0 Å². The smallest absolute Gasteiger partial charge is 0.454 e. The van der Waals surface area contributed by atoms with E-state index in [0.717, 1.165) is 28.1 Å². The fourth-order valence-electron chi connectivity index (χ4n) is 3.31. The van der Waals surface area contributed by atoms with E-state index in [1.54, 1.807) is 17.9 Å². The summed E-state index contributed by atoms with van der Waals surface area (Å²) in [6.07, 6.45) is 0.988. The van der Waals surface area contributed by atoms with Gasteiger partial charge < -0.3 is 14.2 Å². The first-order chi connectivity index (χ1) is 15.5. The number of hydrogen-bond donors (Lipinski definition) is 0. The lowest BCUT2D eigenvalue weighted by Crippen LogP contribution is -2.15. The Bertz CT molecular complexity index is 1010. The predicted molar refractivity (Wildman–Crippen MR) is 132 cm³/mol. The first kappa shape index (κ1) is 26.2. The summed E-state index contributed by atoms with van der Waals surface area (Å²) >= 11 is 0. The number of aryl methyl sites for hydroxylation is 2. The number of nitrogens with zero attached hydrogens (tertiary/aromatic N) is 3. The molecule has 2 rings (SSSR count). The summed E-state index contributed by atoms with van der Waals surface area (Å²) in [5.74, 6) is 0.749. The fraction of sp³-hybridized carbons (Fsp3) is 0.500. The number of ether oxygens (including phenoxy) is 3. The lowest BCUT2D eigenvalue weighted by atomic mass is 9.86. The molecule has 0 bridgehead atoms. The van der Waals surface area contributed by atoms with Gasteiger partial charge >= 0.3 is 6.16 Å². The van der Waals surface area contributed by atoms with Crippen LogP contribution in [-0.4, -0.2) is 42.6 Å². The molecule has 0 atom stereocenters. The lowest BCUT2D eigenvalue weighted by molar-refractivity contribution is -0.00944. The topological polar surface area (TPSA) is 74.9 Å². The van der Waals surface area contributed by atoms with Crippen molar-refractivity contribution in [1.82, 2.24) is 9.78 Å². The molecule has 0 aliphatic rings. The van der Waals surface area contributed by atoms with Crippen molar-refractivity contribution in [3.05, 3.63) is 52.3 Å². The minimum atomic E-state index is -0.763. The molecule has 2 aromatic rings. The van der Waals surface area contributed by atoms with Crippen molar-refractivity contribution in [1.29, 1.82) is 0 Å². The molecule has 7 nitrogen and oxygen atoms in total. The summed E-state index contributed by atoms with van der Waals surface area (Å²) < 4.78 is 18.1. The van der Waals surface area contributed by atoms with Gasteiger partial charge in [-0.1, -0.05) is 58.9 Å². The first-order valence-electron chi connectivity index (χ1n) is 11.2. The number of carbonyl (C=O) groups excluding carboxylic acids is 1. The molecule has 0 unspecified atom stereocenters. The van der Waals surface area contributed by atoms with Crippen molar-refractivity contribution >= 4 is 23.7 Å². The predicted octanol–water partition coefficient (Wildman–Crippen LogP) is 5.69. The number of hydrogen-bond acceptors (Lipinski definition) is 6. The summed E-state index contributed by atoms with van der Waals surface area (Å²) in [5, 5.41) is 4.53. The molecule has 0 aliphatic carbocycles. The highest BCUT2D eigenvalue weighted by Crippen LogP contribution is 2.31. The second-order valence-electron chi connectivity index (χ2n) is 9.50. The zero-order valence-corrected chi connectivity index (χ0v) is 21.4. The maximum absolute atomic E-state index is 11.9. The summed E-state index contributed by atoms with van der Waals surface area (Å²) in [5.41, 5.74) is 5.63. The van der Waals surface area contributed by atoms with Crippen LogP contribution in [0.4, 0.5) is 4.79 Å². The minimum absolute atomic E-state index is 0.0422. The van der Waals surface area contributed by atoms with Gasteiger partial charge in [0, 0.05) is 31.4 Å². The van der Waals surface area contributed by atoms with Gasteiger partial charge in [-0.05, 0) is 36.3 Å². The Hall–Kier alpha value is -3.09. The third kappa shape index (κ3) is 6.94. The molecule has 0 saturated carbocycles. The number of aliphatic imine (C=N–C) groups is 1. The van der Waals surface area contributed by atoms with Crippen molar-refractivity contribution in [2.75, 3.05) is 20.4 Å². The Balaban J connectivity index is 2.49. The molecule has 0 spiro atoms. The molecule has 33 heavy (non-hydrogen) atoms. The van der Waals surface area contributed by atoms with E-state index in [2.05, 4.69) is 55.1 Å². The highest BCUT2D eigenvalue weighted by atomic mass is 16.8. The Labute approximate surface area is 197 Å². The summed E-state index contributed by atoms with van der Waals surface area (Å²) in [6.45, 7) is 14.4. The third-order valence-corrected chi connectivity index (χ3v) is 5.22. The molecular formula is C26H37N3O4. The van der Waals surface area contributed by atoms with E-state index in [1.807, 2.05) is 34.7 Å². The standard InChI is InChI=1S/C26H37N3O4/c1-17(2)15-31-25(30)33-16-32-24(23-18(3)19(4)28-29(23)9)22(14-27-8)20-10-12-21(13-11-20)26(5,6)7/h10-14,17H,15-16H2,1-9H3/b24-22-,27-14?. The van der Waals surface area contributed by atoms with Crippen molar-refractivity contribution in [2.24, 2.45) is 18.0 Å². The summed E-state index contributed by atoms with van der Waals surface area (Å²) in [4.78, 5) is 16.2. The maximum atomic E-state index is 11.9. The van der Waals surface area contributed by atoms with Crippen molar-refractivity contribution in [3.8, 4) is 0 Å². The molecule has 0 amide bonds. The van der Waals surface area contributed by atoms with Gasteiger partial charge in [0.25, 0.3) is 0 Å². The van der Waals surface area contributed by atoms with Gasteiger partial charge in [0.1, 0.15) is 5.69 Å². The van der Waals surface area contributed by atoms with Crippen LogP contribution in [0.15, 0.2) is 29.3 Å². The van der Waals surface area contributed by atoms with E-state index in [0.29, 0.717) is 5.76 Å². The molecular weight excluding hydrogens is 418 g/mol. The van der Waals surface area contributed by atoms with Crippen LogP contribution in [0.5, 0.6) is 0 Å². The monoisotopic (exact) mass is 455 g/mol. The van der Waals surface area contributed by atoms with Crippen LogP contribution >= 0.6 is 0 Å². The van der Waals surface area contributed by atoms with Gasteiger partial charge in [-0.15, -0.1) is 0 Å². The lowest BCUT2D eigenvalue weighted by Gasteiger charge is -2.20. The summed E-state index contributed by atoms with van der Waals surface area (Å²) in [6, 6.07) is 8.32. The average Bonchev–Trinajstić information content (AvgIpc) is 2.99. The van der Waals surface area contributed by atoms with Gasteiger partial charge in [0.15, 0.2) is 5.76 Å². The van der Waals surface area contributed by atoms with Crippen molar-refractivity contribution < 1.29 is 19.0 Å². The molecule has 0 N–H and O–H groups in total. The number of benzene rings is 1. The van der Waals surface area contributed by atoms with Crippen LogP contribution in [0, 0.1) is 19.8 Å². The molecule has 7 heteroatoms. The van der Waals surface area contributed by atoms with E-state index in [9.17, 15) is 4.79 Å². The molecule has 0 saturated heterocycles. The highest BCUT2D eigenvalue weighted by molar-refractivity contribution is 6.18. The molecule has 180 valence electrons. The number of allylic oxidation sites excluding steroid dienone is 1. The van der Waals surface area contributed by atoms with E-state index in [-0.39, 0.29) is 24.7 Å². The second kappa shape index (κ2) is 11.2. The molecule has 1 aromatic heterocycles. The Kier molecular flexibility index (Phi) is 8.85. The van der Waals surface area contributed by atoms with Gasteiger partial charge in [-0.3, -0.25) is 9.67 Å². The second-order valence-corrected chi connectivity index (χ2v) is 9.50. The zero-order valence-electron chi connectivity index (χ0n) is 21.4. The molecule has 0 fully saturated rings. The Morgan fingerprint density at radius 2 is 1.76 bits per heavy atom. The van der Waals surface area contributed by atoms with Gasteiger partial charge in [0.05, 0.1) is 12.3 Å². The molecule has 0 radical (unpaired) electrons. The largest absolute Gasteiger partial charge is 0.511 e. The van der Waals surface area contributed by atoms with Crippen LogP contribution in [0.1, 0.15) is 62.7 Å². The van der Waals surface area contributed by atoms with Crippen LogP contribution in [-0.2, 0) is 26.7 Å². The van der Waals surface area contributed by atoms with Gasteiger partial charge in [0.2, 0.25) is 6.79 Å².